The Kier molecular flexibility index (Phi) is 3.60. The Bertz CT molecular complexity index is 826. The van der Waals surface area contributed by atoms with E-state index in [-0.39, 0.29) is 0 Å². The molecule has 8 heteroatoms. The Balaban J connectivity index is 1.59. The molecule has 23 heavy (non-hydrogen) atoms. The predicted molar refractivity (Wildman–Crippen MR) is 89.8 cm³/mol. The highest BCUT2D eigenvalue weighted by Gasteiger charge is 2.44. The van der Waals surface area contributed by atoms with Gasteiger partial charge in [-0.1, -0.05) is 0 Å². The van der Waals surface area contributed by atoms with E-state index in [4.69, 9.17) is 0 Å². The number of hydrogen-bond donors (Lipinski definition) is 0. The number of likely N-dealkylation sites (N-methyl/N-ethyl adjacent to an activating group) is 1. The van der Waals surface area contributed by atoms with E-state index < -0.39 is 10.0 Å². The molecule has 124 valence electrons. The number of hydrogen-bond acceptors (Lipinski definition) is 5. The summed E-state index contributed by atoms with van der Waals surface area (Å²) in [5, 5.41) is 4.15. The molecule has 0 aromatic carbocycles. The smallest absolute Gasteiger partial charge is 0.252 e. The molecule has 0 amide bonds. The van der Waals surface area contributed by atoms with Gasteiger partial charge in [-0.3, -0.25) is 4.68 Å². The summed E-state index contributed by atoms with van der Waals surface area (Å²) in [5.41, 5.74) is 0.956. The second kappa shape index (κ2) is 5.41. The zero-order valence-corrected chi connectivity index (χ0v) is 14.8. The molecule has 2 atom stereocenters. The zero-order valence-electron chi connectivity index (χ0n) is 13.2. The standard InChI is InChI=1S/C15H20N4O2S2/c1-17-6-5-11-9-19(10-13(11)17)23(20,21)15-4-3-14(22-15)12-7-16-18(2)8-12/h3-4,7-8,11,13H,5-6,9-10H2,1-2H3/t11-,13+/m0/s1. The highest BCUT2D eigenvalue weighted by Crippen LogP contribution is 2.36. The molecular weight excluding hydrogens is 332 g/mol. The van der Waals surface area contributed by atoms with E-state index in [1.54, 1.807) is 21.3 Å². The van der Waals surface area contributed by atoms with Crippen LogP contribution in [0.5, 0.6) is 0 Å². The fourth-order valence-corrected chi connectivity index (χ4v) is 6.57. The Morgan fingerprint density at radius 1 is 1.26 bits per heavy atom. The third-order valence-electron chi connectivity index (χ3n) is 4.96. The zero-order chi connectivity index (χ0) is 16.2. The maximum atomic E-state index is 12.9. The van der Waals surface area contributed by atoms with Crippen molar-refractivity contribution in [2.24, 2.45) is 13.0 Å². The predicted octanol–water partition coefficient (Wildman–Crippen LogP) is 1.47. The van der Waals surface area contributed by atoms with Gasteiger partial charge in [-0.2, -0.15) is 9.40 Å². The number of rotatable bonds is 3. The number of nitrogens with zero attached hydrogens (tertiary/aromatic N) is 4. The molecule has 0 bridgehead atoms. The van der Waals surface area contributed by atoms with Crippen molar-refractivity contribution in [1.82, 2.24) is 19.0 Å². The number of thiophene rings is 1. The van der Waals surface area contributed by atoms with Crippen LogP contribution in [0.4, 0.5) is 0 Å². The van der Waals surface area contributed by atoms with Gasteiger partial charge in [0.15, 0.2) is 0 Å². The van der Waals surface area contributed by atoms with E-state index in [1.165, 1.54) is 11.3 Å². The monoisotopic (exact) mass is 352 g/mol. The largest absolute Gasteiger partial charge is 0.302 e. The fraction of sp³-hybridized carbons (Fsp3) is 0.533. The van der Waals surface area contributed by atoms with Gasteiger partial charge in [-0.05, 0) is 38.1 Å². The Labute approximate surface area is 140 Å². The molecule has 0 radical (unpaired) electrons. The van der Waals surface area contributed by atoms with Crippen molar-refractivity contribution in [2.45, 2.75) is 16.7 Å². The van der Waals surface area contributed by atoms with Gasteiger partial charge in [0.05, 0.1) is 6.20 Å². The Hall–Kier alpha value is -1.22. The number of likely N-dealkylation sites (tertiary alicyclic amines) is 1. The van der Waals surface area contributed by atoms with Gasteiger partial charge in [0, 0.05) is 42.8 Å². The van der Waals surface area contributed by atoms with Crippen LogP contribution in [-0.2, 0) is 17.1 Å². The van der Waals surface area contributed by atoms with E-state index in [1.807, 2.05) is 19.3 Å². The van der Waals surface area contributed by atoms with Gasteiger partial charge in [0.25, 0.3) is 10.0 Å². The quantitative estimate of drug-likeness (QED) is 0.839. The van der Waals surface area contributed by atoms with E-state index in [9.17, 15) is 8.42 Å². The van der Waals surface area contributed by atoms with Crippen molar-refractivity contribution in [1.29, 1.82) is 0 Å². The maximum absolute atomic E-state index is 12.9. The molecule has 2 aromatic heterocycles. The number of sulfonamides is 1. The lowest BCUT2D eigenvalue weighted by Crippen LogP contribution is -2.34. The molecule has 0 N–H and O–H groups in total. The van der Waals surface area contributed by atoms with Crippen LogP contribution >= 0.6 is 11.3 Å². The molecule has 2 fully saturated rings. The summed E-state index contributed by atoms with van der Waals surface area (Å²) in [6, 6.07) is 3.97. The van der Waals surface area contributed by atoms with Crippen molar-refractivity contribution < 1.29 is 8.42 Å². The summed E-state index contributed by atoms with van der Waals surface area (Å²) < 4.78 is 29.7. The van der Waals surface area contributed by atoms with Crippen molar-refractivity contribution >= 4 is 21.4 Å². The fourth-order valence-electron chi connectivity index (χ4n) is 3.62. The molecular formula is C15H20N4O2S2. The van der Waals surface area contributed by atoms with Gasteiger partial charge in [0.1, 0.15) is 4.21 Å². The first-order chi connectivity index (χ1) is 10.9. The molecule has 6 nitrogen and oxygen atoms in total. The first-order valence-corrected chi connectivity index (χ1v) is 10.00. The third-order valence-corrected chi connectivity index (χ3v) is 8.39. The lowest BCUT2D eigenvalue weighted by atomic mass is 10.1. The van der Waals surface area contributed by atoms with Crippen molar-refractivity contribution in [3.63, 3.8) is 0 Å². The van der Waals surface area contributed by atoms with E-state index in [2.05, 4.69) is 17.0 Å². The van der Waals surface area contributed by atoms with Crippen molar-refractivity contribution in [2.75, 3.05) is 26.7 Å². The summed E-state index contributed by atoms with van der Waals surface area (Å²) in [6.07, 6.45) is 4.76. The lowest BCUT2D eigenvalue weighted by Gasteiger charge is -2.19. The van der Waals surface area contributed by atoms with Gasteiger partial charge in [-0.25, -0.2) is 8.42 Å². The van der Waals surface area contributed by atoms with Gasteiger partial charge < -0.3 is 4.90 Å². The summed E-state index contributed by atoms with van der Waals surface area (Å²) >= 11 is 1.33. The summed E-state index contributed by atoms with van der Waals surface area (Å²) in [4.78, 5) is 3.23. The molecule has 2 aromatic rings. The molecule has 0 saturated carbocycles. The van der Waals surface area contributed by atoms with Crippen molar-refractivity contribution in [3.05, 3.63) is 24.5 Å². The normalized spacial score (nSPS) is 26.0. The molecule has 0 spiro atoms. The third kappa shape index (κ3) is 2.53. The molecule has 2 aliphatic rings. The summed E-state index contributed by atoms with van der Waals surface area (Å²) in [7, 11) is 0.559. The van der Waals surface area contributed by atoms with Gasteiger partial charge in [-0.15, -0.1) is 11.3 Å². The maximum Gasteiger partial charge on any atom is 0.252 e. The number of aromatic nitrogens is 2. The minimum atomic E-state index is -3.39. The summed E-state index contributed by atoms with van der Waals surface area (Å²) in [6.45, 7) is 2.34. The first-order valence-electron chi connectivity index (χ1n) is 7.74. The minimum absolute atomic E-state index is 0.377. The SMILES string of the molecule is CN1CC[C@H]2CN(S(=O)(=O)c3ccc(-c4cnn(C)c4)s3)C[C@H]21. The topological polar surface area (TPSA) is 58.4 Å². The first kappa shape index (κ1) is 15.3. The molecule has 4 heterocycles. The van der Waals surface area contributed by atoms with E-state index in [0.29, 0.717) is 29.3 Å². The van der Waals surface area contributed by atoms with Crippen LogP contribution in [0.2, 0.25) is 0 Å². The van der Waals surface area contributed by atoms with Crippen LogP contribution in [0.15, 0.2) is 28.7 Å². The van der Waals surface area contributed by atoms with Crippen LogP contribution < -0.4 is 0 Å². The molecule has 4 rings (SSSR count). The van der Waals surface area contributed by atoms with Crippen molar-refractivity contribution in [3.8, 4) is 10.4 Å². The molecule has 0 aliphatic carbocycles. The van der Waals surface area contributed by atoms with E-state index in [0.717, 1.165) is 23.4 Å². The molecule has 0 unspecified atom stereocenters. The van der Waals surface area contributed by atoms with Crippen LogP contribution in [-0.4, -0.2) is 60.1 Å². The second-order valence-corrected chi connectivity index (χ2v) is 9.69. The average molecular weight is 352 g/mol. The number of aryl methyl sites for hydroxylation is 1. The number of fused-ring (bicyclic) bond motifs is 1. The second-order valence-electron chi connectivity index (χ2n) is 6.44. The highest BCUT2D eigenvalue weighted by molar-refractivity contribution is 7.91. The summed E-state index contributed by atoms with van der Waals surface area (Å²) in [5.74, 6) is 0.479. The van der Waals surface area contributed by atoms with Crippen LogP contribution in [0.1, 0.15) is 6.42 Å². The highest BCUT2D eigenvalue weighted by atomic mass is 32.2. The van der Waals surface area contributed by atoms with Gasteiger partial charge >= 0.3 is 0 Å². The lowest BCUT2D eigenvalue weighted by molar-refractivity contribution is 0.297. The average Bonchev–Trinajstić information content (AvgIpc) is 3.24. The minimum Gasteiger partial charge on any atom is -0.302 e. The van der Waals surface area contributed by atoms with E-state index >= 15 is 0 Å². The van der Waals surface area contributed by atoms with Crippen LogP contribution in [0.3, 0.4) is 0 Å². The molecule has 2 saturated heterocycles. The van der Waals surface area contributed by atoms with Gasteiger partial charge in [0.2, 0.25) is 0 Å². The molecule has 2 aliphatic heterocycles. The Morgan fingerprint density at radius 3 is 2.78 bits per heavy atom. The Morgan fingerprint density at radius 2 is 2.09 bits per heavy atom. The van der Waals surface area contributed by atoms with Crippen LogP contribution in [0.25, 0.3) is 10.4 Å². The van der Waals surface area contributed by atoms with Crippen LogP contribution in [0, 0.1) is 5.92 Å².